The summed E-state index contributed by atoms with van der Waals surface area (Å²) in [6.45, 7) is 11.8. The normalized spacial score (nSPS) is 14.8. The molecule has 0 heterocycles. The molecule has 1 rings (SSSR count). The highest BCUT2D eigenvalue weighted by molar-refractivity contribution is 5.82. The summed E-state index contributed by atoms with van der Waals surface area (Å²) in [7, 11) is 0. The van der Waals surface area contributed by atoms with Crippen LogP contribution in [0, 0.1) is 11.2 Å². The molecule has 1 unspecified atom stereocenters. The topological polar surface area (TPSA) is 20.3 Å². The second-order valence-corrected chi connectivity index (χ2v) is 6.45. The fourth-order valence-electron chi connectivity index (χ4n) is 2.27. The molecular weight excluding hydrogens is 253 g/mol. The van der Waals surface area contributed by atoms with Crippen LogP contribution in [0.1, 0.15) is 59.6 Å². The van der Waals surface area contributed by atoms with Crippen LogP contribution in [-0.4, -0.2) is 16.8 Å². The number of hydrogen-bond donors (Lipinski definition) is 0. The van der Waals surface area contributed by atoms with Gasteiger partial charge in [0.15, 0.2) is 0 Å². The molecule has 0 aliphatic heterocycles. The van der Waals surface area contributed by atoms with Gasteiger partial charge in [-0.2, -0.15) is 0 Å². The van der Waals surface area contributed by atoms with Gasteiger partial charge in [-0.15, -0.1) is 0 Å². The van der Waals surface area contributed by atoms with Crippen LogP contribution in [0.25, 0.3) is 0 Å². The fraction of sp³-hybridized carbons (Fsp3) is 0.588. The molecular formula is C17H26FNO. The standard InChI is InChI=1S/C17H26FNO/c1-7-12(2)19(16(20)17(4,5)6)13(3)14-9-8-10-15(18)11-14/h8-13H,7H2,1-6H3/t12?,13-/m0/s1. The van der Waals surface area contributed by atoms with Crippen LogP contribution >= 0.6 is 0 Å². The van der Waals surface area contributed by atoms with Crippen molar-refractivity contribution in [3.8, 4) is 0 Å². The number of halogens is 1. The van der Waals surface area contributed by atoms with E-state index >= 15 is 0 Å². The van der Waals surface area contributed by atoms with E-state index in [0.717, 1.165) is 12.0 Å². The van der Waals surface area contributed by atoms with Crippen molar-refractivity contribution in [1.82, 2.24) is 4.90 Å². The summed E-state index contributed by atoms with van der Waals surface area (Å²) in [5, 5.41) is 0. The van der Waals surface area contributed by atoms with E-state index in [2.05, 4.69) is 6.92 Å². The molecule has 0 aliphatic rings. The third-order valence-electron chi connectivity index (χ3n) is 3.69. The van der Waals surface area contributed by atoms with E-state index < -0.39 is 5.41 Å². The largest absolute Gasteiger partial charge is 0.333 e. The number of carbonyl (C=O) groups is 1. The Morgan fingerprint density at radius 3 is 2.35 bits per heavy atom. The highest BCUT2D eigenvalue weighted by atomic mass is 19.1. The minimum atomic E-state index is -0.439. The molecule has 3 heteroatoms. The summed E-state index contributed by atoms with van der Waals surface area (Å²) in [6.07, 6.45) is 0.876. The maximum atomic E-state index is 13.4. The average molecular weight is 279 g/mol. The van der Waals surface area contributed by atoms with Gasteiger partial charge in [0.2, 0.25) is 5.91 Å². The SMILES string of the molecule is CCC(C)N(C(=O)C(C)(C)C)[C@@H](C)c1cccc(F)c1. The van der Waals surface area contributed by atoms with Crippen LogP contribution in [0.15, 0.2) is 24.3 Å². The zero-order chi connectivity index (χ0) is 15.5. The van der Waals surface area contributed by atoms with Crippen molar-refractivity contribution in [2.75, 3.05) is 0 Å². The molecule has 1 aromatic carbocycles. The lowest BCUT2D eigenvalue weighted by Gasteiger charge is -2.38. The molecule has 2 atom stereocenters. The summed E-state index contributed by atoms with van der Waals surface area (Å²) in [5.41, 5.74) is 0.397. The molecule has 0 aliphatic carbocycles. The number of hydrogen-bond acceptors (Lipinski definition) is 1. The Labute approximate surface area is 122 Å². The lowest BCUT2D eigenvalue weighted by molar-refractivity contribution is -0.144. The number of carbonyl (C=O) groups excluding carboxylic acids is 1. The Kier molecular flexibility index (Phi) is 5.32. The Hall–Kier alpha value is -1.38. The molecule has 0 saturated heterocycles. The van der Waals surface area contributed by atoms with Gasteiger partial charge in [0.25, 0.3) is 0 Å². The Bertz CT molecular complexity index is 464. The first-order chi connectivity index (χ1) is 9.18. The van der Waals surface area contributed by atoms with Gasteiger partial charge in [-0.25, -0.2) is 4.39 Å². The molecule has 0 fully saturated rings. The van der Waals surface area contributed by atoms with Gasteiger partial charge in [0.05, 0.1) is 6.04 Å². The summed E-state index contributed by atoms with van der Waals surface area (Å²) in [6, 6.07) is 6.49. The second-order valence-electron chi connectivity index (χ2n) is 6.45. The first-order valence-electron chi connectivity index (χ1n) is 7.26. The van der Waals surface area contributed by atoms with Crippen molar-refractivity contribution >= 4 is 5.91 Å². The molecule has 0 bridgehead atoms. The Balaban J connectivity index is 3.14. The Morgan fingerprint density at radius 2 is 1.90 bits per heavy atom. The quantitative estimate of drug-likeness (QED) is 0.791. The van der Waals surface area contributed by atoms with E-state index in [0.29, 0.717) is 0 Å². The van der Waals surface area contributed by atoms with Gasteiger partial charge < -0.3 is 4.90 Å². The number of benzene rings is 1. The smallest absolute Gasteiger partial charge is 0.228 e. The van der Waals surface area contributed by atoms with Gasteiger partial charge in [-0.1, -0.05) is 39.8 Å². The van der Waals surface area contributed by atoms with Crippen molar-refractivity contribution in [1.29, 1.82) is 0 Å². The average Bonchev–Trinajstić information content (AvgIpc) is 2.37. The first kappa shape index (κ1) is 16.7. The van der Waals surface area contributed by atoms with Crippen molar-refractivity contribution in [2.24, 2.45) is 5.41 Å². The highest BCUT2D eigenvalue weighted by Gasteiger charge is 2.33. The third-order valence-corrected chi connectivity index (χ3v) is 3.69. The number of amides is 1. The lowest BCUT2D eigenvalue weighted by atomic mass is 9.91. The molecule has 2 nitrogen and oxygen atoms in total. The van der Waals surface area contributed by atoms with Gasteiger partial charge in [-0.05, 0) is 38.0 Å². The third kappa shape index (κ3) is 3.81. The van der Waals surface area contributed by atoms with Crippen LogP contribution in [0.2, 0.25) is 0 Å². The summed E-state index contributed by atoms with van der Waals surface area (Å²) < 4.78 is 13.4. The molecule has 0 aromatic heterocycles. The highest BCUT2D eigenvalue weighted by Crippen LogP contribution is 2.29. The molecule has 0 N–H and O–H groups in total. The van der Waals surface area contributed by atoms with Gasteiger partial charge in [0.1, 0.15) is 5.82 Å². The van der Waals surface area contributed by atoms with E-state index in [-0.39, 0.29) is 23.8 Å². The second kappa shape index (κ2) is 6.38. The minimum Gasteiger partial charge on any atom is -0.333 e. The maximum absolute atomic E-state index is 13.4. The molecule has 0 spiro atoms. The summed E-state index contributed by atoms with van der Waals surface area (Å²) in [4.78, 5) is 14.6. The molecule has 1 aromatic rings. The van der Waals surface area contributed by atoms with Crippen LogP contribution < -0.4 is 0 Å². The number of nitrogens with zero attached hydrogens (tertiary/aromatic N) is 1. The predicted octanol–water partition coefficient (Wildman–Crippen LogP) is 4.56. The van der Waals surface area contributed by atoms with Crippen LogP contribution in [-0.2, 0) is 4.79 Å². The van der Waals surface area contributed by atoms with Crippen molar-refractivity contribution in [2.45, 2.75) is 60.0 Å². The van der Waals surface area contributed by atoms with Crippen LogP contribution in [0.5, 0.6) is 0 Å². The fourth-order valence-corrected chi connectivity index (χ4v) is 2.27. The number of rotatable bonds is 4. The van der Waals surface area contributed by atoms with Crippen LogP contribution in [0.4, 0.5) is 4.39 Å². The van der Waals surface area contributed by atoms with Gasteiger partial charge >= 0.3 is 0 Å². The Morgan fingerprint density at radius 1 is 1.30 bits per heavy atom. The van der Waals surface area contributed by atoms with Gasteiger partial charge in [0, 0.05) is 11.5 Å². The molecule has 0 radical (unpaired) electrons. The zero-order valence-electron chi connectivity index (χ0n) is 13.4. The summed E-state index contributed by atoms with van der Waals surface area (Å²) >= 11 is 0. The molecule has 112 valence electrons. The van der Waals surface area contributed by atoms with E-state index in [1.807, 2.05) is 45.6 Å². The monoisotopic (exact) mass is 279 g/mol. The minimum absolute atomic E-state index is 0.101. The lowest BCUT2D eigenvalue weighted by Crippen LogP contribution is -2.45. The molecule has 0 saturated carbocycles. The van der Waals surface area contributed by atoms with Crippen molar-refractivity contribution in [3.05, 3.63) is 35.6 Å². The molecule has 1 amide bonds. The van der Waals surface area contributed by atoms with E-state index in [1.165, 1.54) is 12.1 Å². The molecule has 20 heavy (non-hydrogen) atoms. The van der Waals surface area contributed by atoms with Crippen molar-refractivity contribution in [3.63, 3.8) is 0 Å². The van der Waals surface area contributed by atoms with E-state index in [1.54, 1.807) is 6.07 Å². The predicted molar refractivity (Wildman–Crippen MR) is 80.9 cm³/mol. The maximum Gasteiger partial charge on any atom is 0.228 e. The zero-order valence-corrected chi connectivity index (χ0v) is 13.4. The van der Waals surface area contributed by atoms with Gasteiger partial charge in [-0.3, -0.25) is 4.79 Å². The first-order valence-corrected chi connectivity index (χ1v) is 7.26. The van der Waals surface area contributed by atoms with E-state index in [9.17, 15) is 9.18 Å². The summed E-state index contributed by atoms with van der Waals surface area (Å²) in [5.74, 6) is -0.162. The van der Waals surface area contributed by atoms with Crippen LogP contribution in [0.3, 0.4) is 0 Å². The van der Waals surface area contributed by atoms with Crippen molar-refractivity contribution < 1.29 is 9.18 Å². The van der Waals surface area contributed by atoms with E-state index in [4.69, 9.17) is 0 Å².